The molecule has 8 nitrogen and oxygen atoms in total. The minimum Gasteiger partial charge on any atom is -0.405 e. The van der Waals surface area contributed by atoms with Crippen LogP contribution in [0, 0.1) is 5.92 Å². The molecule has 0 radical (unpaired) electrons. The highest BCUT2D eigenvalue weighted by Crippen LogP contribution is 2.39. The zero-order chi connectivity index (χ0) is 21.0. The molecule has 1 atom stereocenters. The lowest BCUT2D eigenvalue weighted by Crippen LogP contribution is -2.47. The number of likely N-dealkylation sites (tertiary alicyclic amines) is 1. The van der Waals surface area contributed by atoms with Gasteiger partial charge in [0.05, 0.1) is 10.6 Å². The summed E-state index contributed by atoms with van der Waals surface area (Å²) in [6, 6.07) is 2.51. The third kappa shape index (κ3) is 4.24. The molecule has 3 heterocycles. The van der Waals surface area contributed by atoms with E-state index in [-0.39, 0.29) is 36.5 Å². The molecule has 1 unspecified atom stereocenters. The maximum Gasteiger partial charge on any atom is 0.328 e. The van der Waals surface area contributed by atoms with Crippen molar-refractivity contribution < 1.29 is 17.8 Å². The normalized spacial score (nSPS) is 17.7. The molecule has 1 saturated heterocycles. The third-order valence-electron chi connectivity index (χ3n) is 4.79. The smallest absolute Gasteiger partial charge is 0.328 e. The molecule has 0 saturated carbocycles. The van der Waals surface area contributed by atoms with Crippen molar-refractivity contribution >= 4 is 22.5 Å². The first kappa shape index (κ1) is 20.8. The van der Waals surface area contributed by atoms with E-state index < -0.39 is 28.0 Å². The van der Waals surface area contributed by atoms with Gasteiger partial charge >= 0.3 is 11.3 Å². The van der Waals surface area contributed by atoms with Gasteiger partial charge in [-0.05, 0) is 37.3 Å². The number of rotatable bonds is 5. The summed E-state index contributed by atoms with van der Waals surface area (Å²) in [6.07, 6.45) is 8.60. The van der Waals surface area contributed by atoms with Crippen molar-refractivity contribution in [3.8, 4) is 0 Å². The zero-order valence-electron chi connectivity index (χ0n) is 15.5. The van der Waals surface area contributed by atoms with Crippen molar-refractivity contribution in [2.24, 2.45) is 17.4 Å². The maximum absolute atomic E-state index is 15.0. The lowest BCUT2D eigenvalue weighted by atomic mass is 9.97. The van der Waals surface area contributed by atoms with E-state index in [0.29, 0.717) is 5.70 Å². The number of fused-ring (bicyclic) bond motifs is 1. The Labute approximate surface area is 168 Å². The van der Waals surface area contributed by atoms with Gasteiger partial charge < -0.3 is 26.1 Å². The van der Waals surface area contributed by atoms with E-state index in [0.717, 1.165) is 0 Å². The molecule has 156 valence electrons. The number of piperidine rings is 1. The Bertz CT molecular complexity index is 966. The topological polar surface area (TPSA) is 119 Å². The molecule has 2 amide bonds. The number of aromatic nitrogens is 2. The number of pyridine rings is 1. The van der Waals surface area contributed by atoms with Gasteiger partial charge in [-0.2, -0.15) is 8.78 Å². The van der Waals surface area contributed by atoms with E-state index in [1.165, 1.54) is 35.6 Å². The number of carbonyl (C=O) groups excluding carboxylic acids is 1. The highest BCUT2D eigenvalue weighted by atomic mass is 32.2. The second kappa shape index (κ2) is 8.60. The number of carbonyl (C=O) groups is 1. The second-order valence-corrected chi connectivity index (χ2v) is 8.06. The van der Waals surface area contributed by atoms with Crippen molar-refractivity contribution in [2.75, 3.05) is 13.1 Å². The minimum absolute atomic E-state index is 0.00558. The van der Waals surface area contributed by atoms with Crippen LogP contribution in [0.25, 0.3) is 5.65 Å². The van der Waals surface area contributed by atoms with Gasteiger partial charge in [-0.1, -0.05) is 0 Å². The lowest BCUT2D eigenvalue weighted by Gasteiger charge is -2.35. The number of allylic oxidation sites excluding steroid dienone is 1. The van der Waals surface area contributed by atoms with Gasteiger partial charge in [0.2, 0.25) is 0 Å². The number of hydrogen-bond donors (Lipinski definition) is 3. The Morgan fingerprint density at radius 3 is 2.69 bits per heavy atom. The molecule has 2 aromatic heterocycles. The molecule has 1 aliphatic heterocycles. The first-order valence-electron chi connectivity index (χ1n) is 8.96. The maximum atomic E-state index is 15.0. The van der Waals surface area contributed by atoms with Gasteiger partial charge in [-0.25, -0.2) is 14.0 Å². The van der Waals surface area contributed by atoms with E-state index in [1.807, 2.05) is 0 Å². The number of nitrogens with two attached hydrogens (primary N) is 2. The Hall–Kier alpha value is -2.95. The number of amides is 2. The fourth-order valence-electron chi connectivity index (χ4n) is 3.23. The number of nitrogens with zero attached hydrogens (tertiary/aromatic N) is 3. The van der Waals surface area contributed by atoms with Crippen molar-refractivity contribution in [1.29, 1.82) is 0 Å². The van der Waals surface area contributed by atoms with E-state index in [2.05, 4.69) is 10.3 Å². The van der Waals surface area contributed by atoms with Crippen LogP contribution in [0.2, 0.25) is 0 Å². The highest BCUT2D eigenvalue weighted by molar-refractivity contribution is 7.86. The molecule has 5 N–H and O–H groups in total. The average molecular weight is 424 g/mol. The van der Waals surface area contributed by atoms with Gasteiger partial charge in [0.25, 0.3) is 0 Å². The number of hydrogen-bond acceptors (Lipinski definition) is 5. The summed E-state index contributed by atoms with van der Waals surface area (Å²) in [5.41, 5.74) is 11.2. The predicted octanol–water partition coefficient (Wildman–Crippen LogP) is 1.73. The van der Waals surface area contributed by atoms with Crippen molar-refractivity contribution in [1.82, 2.24) is 19.6 Å². The van der Waals surface area contributed by atoms with Crippen molar-refractivity contribution in [3.63, 3.8) is 0 Å². The first-order chi connectivity index (χ1) is 13.9. The van der Waals surface area contributed by atoms with Crippen LogP contribution in [0.5, 0.6) is 0 Å². The summed E-state index contributed by atoms with van der Waals surface area (Å²) in [7, 11) is -2.56. The highest BCUT2D eigenvalue weighted by Gasteiger charge is 2.48. The first-order valence-corrected chi connectivity index (χ1v) is 10.1. The molecule has 0 aliphatic carbocycles. The van der Waals surface area contributed by atoms with Crippen LogP contribution in [0.15, 0.2) is 59.8 Å². The van der Waals surface area contributed by atoms with E-state index in [1.54, 1.807) is 22.9 Å². The molecule has 0 spiro atoms. The standard InChI is InChI=1S/C18H22F2N6O2S/c19-18(20,29(28)15-2-1-8-25-11-7-23-16(15)25)13-4-9-26(10-5-13)17(27)24-14(12-22)3-6-21/h1-3,6-8,11-13H,4-5,9-10,21-22H2,(H,24,27)/b6-3-,14-12+. The summed E-state index contributed by atoms with van der Waals surface area (Å²) in [5, 5.41) is -0.889. The summed E-state index contributed by atoms with van der Waals surface area (Å²) >= 11 is 0. The van der Waals surface area contributed by atoms with Gasteiger partial charge in [0.15, 0.2) is 5.65 Å². The van der Waals surface area contributed by atoms with E-state index in [9.17, 15) is 9.00 Å². The summed E-state index contributed by atoms with van der Waals surface area (Å²) in [6.45, 7) is 0.224. The third-order valence-corrected chi connectivity index (χ3v) is 6.34. The van der Waals surface area contributed by atoms with Crippen LogP contribution in [0.1, 0.15) is 12.8 Å². The minimum atomic E-state index is -3.44. The molecule has 1 aliphatic rings. The molecule has 1 fully saturated rings. The van der Waals surface area contributed by atoms with Crippen LogP contribution in [-0.4, -0.2) is 42.9 Å². The second-order valence-electron chi connectivity index (χ2n) is 6.53. The number of nitrogens with one attached hydrogen (secondary N) is 1. The van der Waals surface area contributed by atoms with E-state index >= 15 is 8.78 Å². The molecular weight excluding hydrogens is 402 g/mol. The van der Waals surface area contributed by atoms with Crippen LogP contribution in [-0.2, 0) is 10.8 Å². The van der Waals surface area contributed by atoms with E-state index in [4.69, 9.17) is 11.5 Å². The Kier molecular flexibility index (Phi) is 6.16. The molecule has 11 heteroatoms. The van der Waals surface area contributed by atoms with Gasteiger partial charge in [-0.3, -0.25) is 0 Å². The van der Waals surface area contributed by atoms with Gasteiger partial charge in [0, 0.05) is 43.8 Å². The monoisotopic (exact) mass is 424 g/mol. The lowest BCUT2D eigenvalue weighted by molar-refractivity contribution is 0.00448. The molecule has 2 aromatic rings. The number of urea groups is 1. The molecule has 0 bridgehead atoms. The molecule has 29 heavy (non-hydrogen) atoms. The fourth-order valence-corrected chi connectivity index (χ4v) is 4.59. The summed E-state index contributed by atoms with van der Waals surface area (Å²) in [4.78, 5) is 17.7. The number of halogens is 2. The Balaban J connectivity index is 1.67. The number of imidazole rings is 1. The SMILES string of the molecule is N/C=C\C(=C/N)NC(=O)N1CCC(C(F)(F)S(=O)c2cccn3ccnc23)CC1. The van der Waals surface area contributed by atoms with Crippen LogP contribution < -0.4 is 16.8 Å². The van der Waals surface area contributed by atoms with Crippen LogP contribution in [0.4, 0.5) is 13.6 Å². The molecular formula is C18H22F2N6O2S. The Morgan fingerprint density at radius 2 is 2.03 bits per heavy atom. The zero-order valence-corrected chi connectivity index (χ0v) is 16.3. The largest absolute Gasteiger partial charge is 0.405 e. The van der Waals surface area contributed by atoms with Gasteiger partial charge in [-0.15, -0.1) is 0 Å². The van der Waals surface area contributed by atoms with Crippen molar-refractivity contribution in [3.05, 3.63) is 54.9 Å². The summed E-state index contributed by atoms with van der Waals surface area (Å²) < 4.78 is 44.3. The molecule has 3 rings (SSSR count). The van der Waals surface area contributed by atoms with Gasteiger partial charge in [0.1, 0.15) is 10.8 Å². The quantitative estimate of drug-likeness (QED) is 0.632. The average Bonchev–Trinajstić information content (AvgIpc) is 3.21. The predicted molar refractivity (Wildman–Crippen MR) is 105 cm³/mol. The Morgan fingerprint density at radius 1 is 1.31 bits per heavy atom. The van der Waals surface area contributed by atoms with Crippen LogP contribution in [0.3, 0.4) is 0 Å². The molecule has 0 aromatic carbocycles. The fraction of sp³-hybridized carbons (Fsp3) is 0.333. The summed E-state index contributed by atoms with van der Waals surface area (Å²) in [5.74, 6) is -1.11. The number of alkyl halides is 2. The van der Waals surface area contributed by atoms with Crippen molar-refractivity contribution in [2.45, 2.75) is 23.0 Å². The van der Waals surface area contributed by atoms with Crippen LogP contribution >= 0.6 is 0 Å².